The van der Waals surface area contributed by atoms with E-state index in [0.29, 0.717) is 29.9 Å². The van der Waals surface area contributed by atoms with E-state index in [2.05, 4.69) is 15.4 Å². The summed E-state index contributed by atoms with van der Waals surface area (Å²) in [5, 5.41) is 16.9. The van der Waals surface area contributed by atoms with E-state index in [1.807, 2.05) is 6.92 Å². The Kier molecular flexibility index (Phi) is 4.26. The number of rotatable bonds is 5. The first kappa shape index (κ1) is 16.8. The Morgan fingerprint density at radius 2 is 2.00 bits per heavy atom. The van der Waals surface area contributed by atoms with Gasteiger partial charge < -0.3 is 15.2 Å². The van der Waals surface area contributed by atoms with Gasteiger partial charge in [-0.15, -0.1) is 5.10 Å². The Morgan fingerprint density at radius 1 is 1.27 bits per heavy atom. The van der Waals surface area contributed by atoms with Gasteiger partial charge in [0.25, 0.3) is 0 Å². The maximum Gasteiger partial charge on any atom is 0.354 e. The smallest absolute Gasteiger partial charge is 0.354 e. The zero-order valence-corrected chi connectivity index (χ0v) is 14.6. The van der Waals surface area contributed by atoms with Gasteiger partial charge in [-0.3, -0.25) is 4.79 Å². The Hall–Kier alpha value is -2.64. The summed E-state index contributed by atoms with van der Waals surface area (Å²) < 4.78 is 6.67. The van der Waals surface area contributed by atoms with Gasteiger partial charge in [0.05, 0.1) is 24.2 Å². The standard InChI is InChI=1S/C18H22N4O4/c1-2-26-17(25)14-10-3-5-11(6-4-10)15(14)20-18-19-9-12-7-8-13(16(23)24)22(12)21-18/h7-11,14-15H,2-6H2,1H3,(H,20,21)(H,23,24)/t10?,11?,14-,15-/m1/s1. The highest BCUT2D eigenvalue weighted by Crippen LogP contribution is 2.46. The van der Waals surface area contributed by atoms with E-state index in [1.165, 1.54) is 10.6 Å². The molecule has 26 heavy (non-hydrogen) atoms. The van der Waals surface area contributed by atoms with Gasteiger partial charge in [-0.2, -0.15) is 0 Å². The third kappa shape index (κ3) is 2.79. The van der Waals surface area contributed by atoms with Crippen molar-refractivity contribution in [3.05, 3.63) is 24.0 Å². The number of hydrogen-bond donors (Lipinski definition) is 2. The molecule has 0 radical (unpaired) electrons. The number of nitrogens with zero attached hydrogens (tertiary/aromatic N) is 3. The molecule has 0 amide bonds. The molecule has 3 saturated carbocycles. The normalized spacial score (nSPS) is 27.4. The van der Waals surface area contributed by atoms with E-state index < -0.39 is 5.97 Å². The SMILES string of the molecule is CCOC(=O)[C@@H]1C2CCC(CC2)[C@H]1Nc1ncc2ccc(C(=O)O)n2n1. The lowest BCUT2D eigenvalue weighted by Gasteiger charge is -2.47. The van der Waals surface area contributed by atoms with Crippen LogP contribution in [-0.4, -0.2) is 44.3 Å². The number of fused-ring (bicyclic) bond motifs is 4. The highest BCUT2D eigenvalue weighted by atomic mass is 16.5. The van der Waals surface area contributed by atoms with Crippen molar-refractivity contribution in [2.45, 2.75) is 38.6 Å². The van der Waals surface area contributed by atoms with E-state index in [-0.39, 0.29) is 23.6 Å². The first-order valence-corrected chi connectivity index (χ1v) is 9.09. The zero-order chi connectivity index (χ0) is 18.3. The van der Waals surface area contributed by atoms with Crippen molar-refractivity contribution in [2.24, 2.45) is 17.8 Å². The lowest BCUT2D eigenvalue weighted by molar-refractivity contribution is -0.154. The van der Waals surface area contributed by atoms with Crippen LogP contribution in [0.5, 0.6) is 0 Å². The number of nitrogens with one attached hydrogen (secondary N) is 1. The molecule has 2 aromatic heterocycles. The molecule has 138 valence electrons. The van der Waals surface area contributed by atoms with Crippen LogP contribution in [0.25, 0.3) is 5.52 Å². The van der Waals surface area contributed by atoms with Crippen molar-refractivity contribution in [3.63, 3.8) is 0 Å². The Bertz CT molecular complexity index is 841. The van der Waals surface area contributed by atoms with Crippen LogP contribution in [0.1, 0.15) is 43.1 Å². The Balaban J connectivity index is 1.64. The van der Waals surface area contributed by atoms with Crippen molar-refractivity contribution in [2.75, 3.05) is 11.9 Å². The number of carbonyl (C=O) groups excluding carboxylic acids is 1. The summed E-state index contributed by atoms with van der Waals surface area (Å²) in [6.07, 6.45) is 5.83. The minimum absolute atomic E-state index is 0.0807. The number of carbonyl (C=O) groups is 2. The topological polar surface area (TPSA) is 106 Å². The summed E-state index contributed by atoms with van der Waals surface area (Å²) in [6, 6.07) is 3.08. The maximum absolute atomic E-state index is 12.5. The maximum atomic E-state index is 12.5. The zero-order valence-electron chi connectivity index (χ0n) is 14.6. The predicted octanol–water partition coefficient (Wildman–Crippen LogP) is 2.21. The van der Waals surface area contributed by atoms with Gasteiger partial charge in [-0.25, -0.2) is 14.3 Å². The largest absolute Gasteiger partial charge is 0.477 e. The van der Waals surface area contributed by atoms with Crippen LogP contribution in [0, 0.1) is 17.8 Å². The molecule has 2 atom stereocenters. The van der Waals surface area contributed by atoms with Gasteiger partial charge in [0.2, 0.25) is 5.95 Å². The molecule has 0 saturated heterocycles. The number of hydrogen-bond acceptors (Lipinski definition) is 6. The van der Waals surface area contributed by atoms with E-state index in [1.54, 1.807) is 12.3 Å². The second-order valence-electron chi connectivity index (χ2n) is 7.07. The fraction of sp³-hybridized carbons (Fsp3) is 0.556. The van der Waals surface area contributed by atoms with Crippen molar-refractivity contribution in [1.29, 1.82) is 0 Å². The number of carboxylic acid groups (broad SMARTS) is 1. The molecule has 0 spiro atoms. The van der Waals surface area contributed by atoms with E-state index in [0.717, 1.165) is 25.7 Å². The van der Waals surface area contributed by atoms with Crippen LogP contribution in [-0.2, 0) is 9.53 Å². The molecule has 0 unspecified atom stereocenters. The quantitative estimate of drug-likeness (QED) is 0.789. The van der Waals surface area contributed by atoms with Crippen molar-refractivity contribution < 1.29 is 19.4 Å². The van der Waals surface area contributed by atoms with Gasteiger partial charge >= 0.3 is 11.9 Å². The monoisotopic (exact) mass is 358 g/mol. The molecule has 8 heteroatoms. The van der Waals surface area contributed by atoms with Gasteiger partial charge in [-0.05, 0) is 56.6 Å². The molecule has 0 aromatic carbocycles. The molecule has 2 aromatic rings. The molecular weight excluding hydrogens is 336 g/mol. The molecular formula is C18H22N4O4. The number of carboxylic acids is 1. The van der Waals surface area contributed by atoms with E-state index in [9.17, 15) is 14.7 Å². The first-order chi connectivity index (χ1) is 12.6. The first-order valence-electron chi connectivity index (χ1n) is 9.09. The summed E-state index contributed by atoms with van der Waals surface area (Å²) in [5.41, 5.74) is 0.692. The van der Waals surface area contributed by atoms with Crippen molar-refractivity contribution >= 4 is 23.4 Å². The lowest BCUT2D eigenvalue weighted by Crippen LogP contribution is -2.52. The minimum atomic E-state index is -1.05. The summed E-state index contributed by atoms with van der Waals surface area (Å²) in [4.78, 5) is 28.2. The van der Waals surface area contributed by atoms with Crippen molar-refractivity contribution in [3.8, 4) is 0 Å². The van der Waals surface area contributed by atoms with Crippen LogP contribution in [0.4, 0.5) is 5.95 Å². The van der Waals surface area contributed by atoms with Gasteiger partial charge in [0.1, 0.15) is 0 Å². The molecule has 0 aliphatic heterocycles. The fourth-order valence-electron chi connectivity index (χ4n) is 4.51. The molecule has 2 heterocycles. The average Bonchev–Trinajstić information content (AvgIpc) is 3.06. The number of anilines is 1. The molecule has 2 bridgehead atoms. The third-order valence-corrected chi connectivity index (χ3v) is 5.69. The Labute approximate surface area is 150 Å². The number of ether oxygens (including phenoxy) is 1. The Morgan fingerprint density at radius 3 is 2.69 bits per heavy atom. The highest BCUT2D eigenvalue weighted by molar-refractivity contribution is 5.87. The third-order valence-electron chi connectivity index (χ3n) is 5.69. The molecule has 2 N–H and O–H groups in total. The van der Waals surface area contributed by atoms with Crippen LogP contribution in [0.2, 0.25) is 0 Å². The number of aromatic nitrogens is 3. The van der Waals surface area contributed by atoms with Gasteiger partial charge in [0, 0.05) is 6.04 Å². The van der Waals surface area contributed by atoms with Crippen molar-refractivity contribution in [1.82, 2.24) is 14.6 Å². The second kappa shape index (κ2) is 6.59. The highest BCUT2D eigenvalue weighted by Gasteiger charge is 2.48. The van der Waals surface area contributed by atoms with Gasteiger partial charge in [0.15, 0.2) is 5.69 Å². The molecule has 3 fully saturated rings. The van der Waals surface area contributed by atoms with Crippen LogP contribution >= 0.6 is 0 Å². The fourth-order valence-corrected chi connectivity index (χ4v) is 4.51. The van der Waals surface area contributed by atoms with E-state index in [4.69, 9.17) is 4.74 Å². The van der Waals surface area contributed by atoms with Crippen LogP contribution in [0.3, 0.4) is 0 Å². The van der Waals surface area contributed by atoms with Crippen LogP contribution in [0.15, 0.2) is 18.3 Å². The summed E-state index contributed by atoms with van der Waals surface area (Å²) in [7, 11) is 0. The number of aromatic carboxylic acids is 1. The van der Waals surface area contributed by atoms with Crippen LogP contribution < -0.4 is 5.32 Å². The second-order valence-corrected chi connectivity index (χ2v) is 7.07. The van der Waals surface area contributed by atoms with E-state index >= 15 is 0 Å². The minimum Gasteiger partial charge on any atom is -0.477 e. The molecule has 5 rings (SSSR count). The summed E-state index contributed by atoms with van der Waals surface area (Å²) in [5.74, 6) is -0.379. The number of esters is 1. The molecule has 8 nitrogen and oxygen atoms in total. The summed E-state index contributed by atoms with van der Waals surface area (Å²) in [6.45, 7) is 2.19. The predicted molar refractivity (Wildman–Crippen MR) is 92.9 cm³/mol. The summed E-state index contributed by atoms with van der Waals surface area (Å²) >= 11 is 0. The lowest BCUT2D eigenvalue weighted by atomic mass is 9.61. The molecule has 3 aliphatic carbocycles. The molecule has 3 aliphatic rings. The van der Waals surface area contributed by atoms with Gasteiger partial charge in [-0.1, -0.05) is 0 Å². The average molecular weight is 358 g/mol.